The highest BCUT2D eigenvalue weighted by Crippen LogP contribution is 2.35. The molecule has 67 heavy (non-hydrogen) atoms. The molecule has 6 rings (SSSR count). The van der Waals surface area contributed by atoms with Crippen LogP contribution < -0.4 is 10.2 Å². The van der Waals surface area contributed by atoms with E-state index in [-0.39, 0.29) is 55.7 Å². The molecule has 0 radical (unpaired) electrons. The Morgan fingerprint density at radius 2 is 1.30 bits per heavy atom. The minimum atomic E-state index is -2.19. The summed E-state index contributed by atoms with van der Waals surface area (Å²) < 4.78 is 54.8. The number of carboxylic acid groups (broad SMARTS) is 2. The molecule has 6 heterocycles. The summed E-state index contributed by atoms with van der Waals surface area (Å²) in [5, 5.41) is 126. The smallest absolute Gasteiger partial charge is 0.302 e. The third kappa shape index (κ3) is 19.7. The lowest BCUT2D eigenvalue weighted by atomic mass is 9.96. The second kappa shape index (κ2) is 31.7. The molecule has 29 heteroatoms. The fourth-order valence-electron chi connectivity index (χ4n) is 6.57. The van der Waals surface area contributed by atoms with Gasteiger partial charge in [-0.3, -0.25) is 4.79 Å². The van der Waals surface area contributed by atoms with Crippen LogP contribution in [0.5, 0.6) is 0 Å². The predicted molar refractivity (Wildman–Crippen MR) is 211 cm³/mol. The lowest BCUT2D eigenvalue weighted by Crippen LogP contribution is -2.69. The van der Waals surface area contributed by atoms with Crippen LogP contribution in [0.25, 0.3) is 0 Å². The number of carbonyl (C=O) groups is 3. The first-order valence-corrected chi connectivity index (χ1v) is 20.5. The van der Waals surface area contributed by atoms with Crippen molar-refractivity contribution >= 4 is 17.9 Å². The molecule has 6 aliphatic rings. The molecule has 0 bridgehead atoms. The summed E-state index contributed by atoms with van der Waals surface area (Å²) in [6.07, 6.45) is -18.8. The Hall–Kier alpha value is -2.51. The van der Waals surface area contributed by atoms with E-state index in [1.807, 2.05) is 0 Å². The van der Waals surface area contributed by atoms with E-state index >= 15 is 0 Å². The second-order valence-corrected chi connectivity index (χ2v) is 15.6. The summed E-state index contributed by atoms with van der Waals surface area (Å²) in [6, 6.07) is 0. The van der Waals surface area contributed by atoms with Gasteiger partial charge in [0.25, 0.3) is 0 Å². The molecule has 15 N–H and O–H groups in total. The lowest BCUT2D eigenvalue weighted by molar-refractivity contribution is -0.416. The maximum atomic E-state index is 11.4. The standard InChI is InChI=1S/C16H24O14.C8H14O5.C6H12O4.C6H12O3.C2H6O.2H2O/c1-16(15(23)24)26-3-4-9(30-16)5(17)8(20)14(27-4)28-10-6(18)7(19)13(25-2)29-11(10)12(21)22;1-5(9)13-4-7-8(11)6(10)2-3-12-7;7-2-4-1-5(8)6(9)3-10-4;7-3-6-2-1-5(8)4-9-6;1-3-2;;/h4-11,13-14,17-20H,3H2,1-2H3,(H,21,22)(H,23,24);6-8,10-11H,2-4H2,1H3;4-9H,1-3H2;5-8H,1-4H2;1-2H3;2*1H2/p-2/t4?,5-,6-,7?,8?,9+,10-,11?,13+,14-,16?;6-,7?,8-;4?,5-,6?;;;;/m001..../s1. The van der Waals surface area contributed by atoms with Gasteiger partial charge in [-0.05, 0) is 26.2 Å². The van der Waals surface area contributed by atoms with Crippen LogP contribution in [-0.2, 0) is 66.5 Å². The van der Waals surface area contributed by atoms with Crippen LogP contribution in [0.4, 0.5) is 0 Å². The van der Waals surface area contributed by atoms with Crippen molar-refractivity contribution in [3.05, 3.63) is 0 Å². The Bertz CT molecular complexity index is 1370. The van der Waals surface area contributed by atoms with E-state index in [0.717, 1.165) is 26.9 Å². The molecule has 0 saturated carbocycles. The van der Waals surface area contributed by atoms with E-state index in [1.54, 1.807) is 14.2 Å². The number of fused-ring (bicyclic) bond motifs is 1. The van der Waals surface area contributed by atoms with Gasteiger partial charge in [-0.25, -0.2) is 0 Å². The third-order valence-electron chi connectivity index (χ3n) is 10.4. The summed E-state index contributed by atoms with van der Waals surface area (Å²) in [5.41, 5.74) is 0. The van der Waals surface area contributed by atoms with E-state index in [2.05, 4.69) is 9.47 Å². The average molecular weight is 991 g/mol. The summed E-state index contributed by atoms with van der Waals surface area (Å²) in [7, 11) is 4.36. The maximum Gasteiger partial charge on any atom is 0.302 e. The highest BCUT2D eigenvalue weighted by atomic mass is 16.8. The van der Waals surface area contributed by atoms with E-state index in [4.69, 9.17) is 68.2 Å². The number of hydrogen-bond donors (Lipinski definition) is 11. The van der Waals surface area contributed by atoms with Gasteiger partial charge in [0.05, 0.1) is 69.5 Å². The van der Waals surface area contributed by atoms with Crippen molar-refractivity contribution in [3.8, 4) is 0 Å². The van der Waals surface area contributed by atoms with Gasteiger partial charge < -0.3 is 139 Å². The van der Waals surface area contributed by atoms with E-state index in [0.29, 0.717) is 26.1 Å². The normalized spacial score (nSPS) is 40.1. The zero-order valence-electron chi connectivity index (χ0n) is 37.6. The molecule has 0 aromatic rings. The monoisotopic (exact) mass is 990 g/mol. The van der Waals surface area contributed by atoms with Gasteiger partial charge in [-0.1, -0.05) is 0 Å². The van der Waals surface area contributed by atoms with Crippen LogP contribution in [0.3, 0.4) is 0 Å². The Morgan fingerprint density at radius 3 is 1.81 bits per heavy atom. The summed E-state index contributed by atoms with van der Waals surface area (Å²) in [4.78, 5) is 33.0. The quantitative estimate of drug-likeness (QED) is 0.0956. The van der Waals surface area contributed by atoms with Crippen molar-refractivity contribution in [2.45, 2.75) is 156 Å². The number of ether oxygens (including phenoxy) is 11. The molecular weight excluding hydrogens is 920 g/mol. The number of methoxy groups -OCH3 is 2. The topological polar surface area (TPSA) is 484 Å². The summed E-state index contributed by atoms with van der Waals surface area (Å²) in [6.45, 7) is 2.78. The molecule has 6 saturated heterocycles. The van der Waals surface area contributed by atoms with Gasteiger partial charge in [0.2, 0.25) is 5.79 Å². The van der Waals surface area contributed by atoms with Crippen molar-refractivity contribution < 1.29 is 144 Å². The SMILES string of the molecule is CC(=O)OCC1OCC[C@H](O)[C@@H]1O.COC.CO[C@@H]1OC(C(=O)[O-])[C@@H](O[C@@H]2OC3COC(C)(C(=O)[O-])O[C@H]3[C@@H](O)C2O)[C@@H](O)C1O.O.O.OCC1CCC(O)CO1.OCC1C[C@@H](O)C(O)CO1. The van der Waals surface area contributed by atoms with Crippen LogP contribution in [0.15, 0.2) is 0 Å². The molecule has 6 aliphatic heterocycles. The van der Waals surface area contributed by atoms with Gasteiger partial charge in [0.1, 0.15) is 79.7 Å². The molecule has 29 nitrogen and oxygen atoms in total. The maximum absolute atomic E-state index is 11.4. The predicted octanol–water partition coefficient (Wildman–Crippen LogP) is -10.8. The van der Waals surface area contributed by atoms with Crippen LogP contribution in [0.2, 0.25) is 0 Å². The molecule has 0 aliphatic carbocycles. The Kier molecular flexibility index (Phi) is 30.5. The number of rotatable bonds is 9. The van der Waals surface area contributed by atoms with Crippen LogP contribution in [0, 0.1) is 0 Å². The van der Waals surface area contributed by atoms with Crippen molar-refractivity contribution in [1.29, 1.82) is 0 Å². The number of carbonyl (C=O) groups excluding carboxylic acids is 3. The molecular formula is C38H70O29-2. The van der Waals surface area contributed by atoms with Crippen molar-refractivity contribution in [2.75, 3.05) is 67.6 Å². The van der Waals surface area contributed by atoms with Gasteiger partial charge in [-0.2, -0.15) is 0 Å². The second-order valence-electron chi connectivity index (χ2n) is 15.6. The zero-order valence-corrected chi connectivity index (χ0v) is 37.6. The molecule has 19 atom stereocenters. The van der Waals surface area contributed by atoms with Gasteiger partial charge in [0, 0.05) is 41.3 Å². The average Bonchev–Trinajstić information content (AvgIpc) is 3.27. The fraction of sp³-hybridized carbons (Fsp3) is 0.921. The number of esters is 1. The Balaban J connectivity index is 0.000000969. The van der Waals surface area contributed by atoms with E-state index < -0.39 is 122 Å². The summed E-state index contributed by atoms with van der Waals surface area (Å²) in [5.74, 6) is -6.12. The molecule has 6 fully saturated rings. The van der Waals surface area contributed by atoms with Crippen molar-refractivity contribution in [2.24, 2.45) is 0 Å². The fourth-order valence-corrected chi connectivity index (χ4v) is 6.57. The number of aliphatic carboxylic acids is 2. The highest BCUT2D eigenvalue weighted by Gasteiger charge is 2.55. The van der Waals surface area contributed by atoms with E-state index in [1.165, 1.54) is 6.92 Å². The number of aliphatic hydroxyl groups is 11. The van der Waals surface area contributed by atoms with Gasteiger partial charge in [0.15, 0.2) is 12.6 Å². The number of aliphatic hydroxyl groups excluding tert-OH is 11. The first-order valence-electron chi connectivity index (χ1n) is 20.5. The minimum Gasteiger partial charge on any atom is -0.547 e. The minimum absolute atomic E-state index is 0. The number of carboxylic acids is 2. The molecule has 0 aromatic carbocycles. The van der Waals surface area contributed by atoms with Crippen LogP contribution in [0.1, 0.15) is 39.5 Å². The van der Waals surface area contributed by atoms with Crippen LogP contribution >= 0.6 is 0 Å². The van der Waals surface area contributed by atoms with Crippen molar-refractivity contribution in [3.63, 3.8) is 0 Å². The molecule has 0 amide bonds. The molecule has 0 spiro atoms. The molecule has 398 valence electrons. The third-order valence-corrected chi connectivity index (χ3v) is 10.4. The molecule has 10 unspecified atom stereocenters. The first kappa shape index (κ1) is 64.5. The first-order chi connectivity index (χ1) is 30.6. The van der Waals surface area contributed by atoms with E-state index in [9.17, 15) is 55.2 Å². The zero-order chi connectivity index (χ0) is 49.2. The Labute approximate surface area is 384 Å². The van der Waals surface area contributed by atoms with Gasteiger partial charge >= 0.3 is 5.97 Å². The Morgan fingerprint density at radius 1 is 0.701 bits per heavy atom. The van der Waals surface area contributed by atoms with Crippen molar-refractivity contribution in [1.82, 2.24) is 0 Å². The van der Waals surface area contributed by atoms with Gasteiger partial charge in [-0.15, -0.1) is 0 Å². The number of hydrogen-bond acceptors (Lipinski definition) is 27. The highest BCUT2D eigenvalue weighted by molar-refractivity contribution is 5.73. The lowest BCUT2D eigenvalue weighted by Gasteiger charge is -2.51. The molecule has 0 aromatic heterocycles. The summed E-state index contributed by atoms with van der Waals surface area (Å²) >= 11 is 0. The largest absolute Gasteiger partial charge is 0.547 e. The van der Waals surface area contributed by atoms with Crippen LogP contribution in [-0.4, -0.2) is 269 Å².